The molecule has 21 heavy (non-hydrogen) atoms. The maximum Gasteiger partial charge on any atom is 0.0867 e. The van der Waals surface area contributed by atoms with Crippen LogP contribution in [0.5, 0.6) is 0 Å². The molecule has 0 amide bonds. The van der Waals surface area contributed by atoms with Crippen LogP contribution in [0.3, 0.4) is 0 Å². The molecule has 1 unspecified atom stereocenters. The van der Waals surface area contributed by atoms with Crippen LogP contribution >= 0.6 is 11.6 Å². The molecule has 2 aromatic rings. The lowest BCUT2D eigenvalue weighted by atomic mass is 10.0. The highest BCUT2D eigenvalue weighted by molar-refractivity contribution is 6.32. The van der Waals surface area contributed by atoms with E-state index in [0.717, 1.165) is 47.7 Å². The number of nitrogens with zero attached hydrogens (tertiary/aromatic N) is 2. The minimum absolute atomic E-state index is 0.147. The van der Waals surface area contributed by atoms with E-state index < -0.39 is 0 Å². The number of rotatable bonds is 6. The second-order valence-electron chi connectivity index (χ2n) is 5.37. The van der Waals surface area contributed by atoms with Crippen molar-refractivity contribution in [3.05, 3.63) is 46.2 Å². The number of hydrogen-bond acceptors (Lipinski definition) is 2. The first-order chi connectivity index (χ1) is 10.1. The Morgan fingerprint density at radius 1 is 1.24 bits per heavy atom. The van der Waals surface area contributed by atoms with Crippen LogP contribution in [-0.4, -0.2) is 15.8 Å². The van der Waals surface area contributed by atoms with Gasteiger partial charge >= 0.3 is 0 Å². The predicted molar refractivity (Wildman–Crippen MR) is 89.3 cm³/mol. The van der Waals surface area contributed by atoms with Crippen LogP contribution in [0.4, 0.5) is 0 Å². The quantitative estimate of drug-likeness (QED) is 0.878. The Morgan fingerprint density at radius 3 is 2.62 bits per heavy atom. The molecule has 0 bridgehead atoms. The van der Waals surface area contributed by atoms with Crippen LogP contribution < -0.4 is 5.73 Å². The maximum atomic E-state index is 6.47. The molecule has 4 heteroatoms. The van der Waals surface area contributed by atoms with Gasteiger partial charge in [-0.05, 0) is 43.4 Å². The SMILES string of the molecule is CCc1cc(CC)n(-c2c(Cl)cccc2CC(N)CC)n1. The molecule has 1 aromatic heterocycles. The van der Waals surface area contributed by atoms with E-state index in [4.69, 9.17) is 22.4 Å². The van der Waals surface area contributed by atoms with E-state index >= 15 is 0 Å². The van der Waals surface area contributed by atoms with Gasteiger partial charge in [0.05, 0.1) is 16.4 Å². The van der Waals surface area contributed by atoms with E-state index in [-0.39, 0.29) is 6.04 Å². The topological polar surface area (TPSA) is 43.8 Å². The molecule has 1 heterocycles. The van der Waals surface area contributed by atoms with Gasteiger partial charge in [-0.2, -0.15) is 5.10 Å². The largest absolute Gasteiger partial charge is 0.327 e. The summed E-state index contributed by atoms with van der Waals surface area (Å²) in [5, 5.41) is 5.45. The van der Waals surface area contributed by atoms with E-state index in [0.29, 0.717) is 0 Å². The van der Waals surface area contributed by atoms with E-state index in [1.54, 1.807) is 0 Å². The van der Waals surface area contributed by atoms with Gasteiger partial charge in [0.15, 0.2) is 0 Å². The van der Waals surface area contributed by atoms with Crippen LogP contribution in [0.25, 0.3) is 5.69 Å². The van der Waals surface area contributed by atoms with Crippen LogP contribution in [0.2, 0.25) is 5.02 Å². The maximum absolute atomic E-state index is 6.47. The molecule has 1 atom stereocenters. The Kier molecular flexibility index (Phi) is 5.43. The fourth-order valence-electron chi connectivity index (χ4n) is 2.48. The summed E-state index contributed by atoms with van der Waals surface area (Å²) in [5.74, 6) is 0. The van der Waals surface area contributed by atoms with E-state index in [2.05, 4.69) is 32.9 Å². The zero-order valence-electron chi connectivity index (χ0n) is 13.1. The Labute approximate surface area is 132 Å². The van der Waals surface area contributed by atoms with Crippen molar-refractivity contribution in [2.45, 2.75) is 52.5 Å². The highest BCUT2D eigenvalue weighted by atomic mass is 35.5. The number of para-hydroxylation sites is 1. The average Bonchev–Trinajstić information content (AvgIpc) is 2.90. The Hall–Kier alpha value is -1.32. The van der Waals surface area contributed by atoms with Gasteiger partial charge < -0.3 is 5.73 Å². The summed E-state index contributed by atoms with van der Waals surface area (Å²) in [7, 11) is 0. The predicted octanol–water partition coefficient (Wildman–Crippen LogP) is 3.93. The Bertz CT molecular complexity index is 604. The molecule has 0 aliphatic carbocycles. The van der Waals surface area contributed by atoms with E-state index in [1.807, 2.05) is 16.8 Å². The molecule has 0 radical (unpaired) electrons. The highest BCUT2D eigenvalue weighted by Crippen LogP contribution is 2.27. The zero-order chi connectivity index (χ0) is 15.4. The van der Waals surface area contributed by atoms with Gasteiger partial charge in [0, 0.05) is 11.7 Å². The summed E-state index contributed by atoms with van der Waals surface area (Å²) >= 11 is 6.47. The fraction of sp³-hybridized carbons (Fsp3) is 0.471. The lowest BCUT2D eigenvalue weighted by Gasteiger charge is -2.16. The van der Waals surface area contributed by atoms with Gasteiger partial charge in [0.25, 0.3) is 0 Å². The van der Waals surface area contributed by atoms with Crippen LogP contribution in [0.1, 0.15) is 44.1 Å². The molecule has 0 fully saturated rings. The van der Waals surface area contributed by atoms with Crippen molar-refractivity contribution in [2.75, 3.05) is 0 Å². The third-order valence-electron chi connectivity index (χ3n) is 3.85. The Morgan fingerprint density at radius 2 is 2.00 bits per heavy atom. The van der Waals surface area contributed by atoms with Gasteiger partial charge in [-0.3, -0.25) is 0 Å². The van der Waals surface area contributed by atoms with Crippen LogP contribution in [0.15, 0.2) is 24.3 Å². The average molecular weight is 306 g/mol. The first-order valence-electron chi connectivity index (χ1n) is 7.71. The van der Waals surface area contributed by atoms with Crippen molar-refractivity contribution in [3.8, 4) is 5.69 Å². The van der Waals surface area contributed by atoms with E-state index in [1.165, 1.54) is 5.69 Å². The monoisotopic (exact) mass is 305 g/mol. The molecule has 0 saturated heterocycles. The molecule has 0 saturated carbocycles. The van der Waals surface area contributed by atoms with Crippen LogP contribution in [0, 0.1) is 0 Å². The highest BCUT2D eigenvalue weighted by Gasteiger charge is 2.16. The zero-order valence-corrected chi connectivity index (χ0v) is 13.8. The molecule has 114 valence electrons. The molecule has 0 aliphatic rings. The number of aryl methyl sites for hydroxylation is 2. The third-order valence-corrected chi connectivity index (χ3v) is 4.15. The molecule has 3 nitrogen and oxygen atoms in total. The van der Waals surface area contributed by atoms with Gasteiger partial charge in [-0.1, -0.05) is 44.5 Å². The van der Waals surface area contributed by atoms with Gasteiger partial charge in [0.1, 0.15) is 0 Å². The molecular formula is C17H24ClN3. The molecule has 2 N–H and O–H groups in total. The minimum Gasteiger partial charge on any atom is -0.327 e. The smallest absolute Gasteiger partial charge is 0.0867 e. The fourth-order valence-corrected chi connectivity index (χ4v) is 2.76. The summed E-state index contributed by atoms with van der Waals surface area (Å²) < 4.78 is 2.00. The van der Waals surface area contributed by atoms with E-state index in [9.17, 15) is 0 Å². The number of halogens is 1. The van der Waals surface area contributed by atoms with Gasteiger partial charge in [-0.15, -0.1) is 0 Å². The summed E-state index contributed by atoms with van der Waals surface area (Å²) in [5.41, 5.74) is 10.6. The summed E-state index contributed by atoms with van der Waals surface area (Å²) in [6.45, 7) is 6.36. The Balaban J connectivity index is 2.54. The molecule has 0 aliphatic heterocycles. The first kappa shape index (κ1) is 16.1. The molecular weight excluding hydrogens is 282 g/mol. The van der Waals surface area contributed by atoms with Crippen molar-refractivity contribution >= 4 is 11.6 Å². The van der Waals surface area contributed by atoms with Crippen molar-refractivity contribution < 1.29 is 0 Å². The standard InChI is InChI=1S/C17H24ClN3/c1-4-13(19)10-12-8-7-9-16(18)17(12)21-15(6-3)11-14(5-2)20-21/h7-9,11,13H,4-6,10,19H2,1-3H3. The summed E-state index contributed by atoms with van der Waals surface area (Å²) in [6, 6.07) is 8.31. The van der Waals surface area contributed by atoms with Gasteiger partial charge in [0.2, 0.25) is 0 Å². The third kappa shape index (κ3) is 3.47. The molecule has 0 spiro atoms. The second-order valence-corrected chi connectivity index (χ2v) is 5.77. The van der Waals surface area contributed by atoms with Crippen molar-refractivity contribution in [2.24, 2.45) is 5.73 Å². The molecule has 2 rings (SSSR count). The second kappa shape index (κ2) is 7.10. The number of nitrogens with two attached hydrogens (primary N) is 1. The molecule has 1 aromatic carbocycles. The van der Waals surface area contributed by atoms with Crippen LogP contribution in [-0.2, 0) is 19.3 Å². The lowest BCUT2D eigenvalue weighted by molar-refractivity contribution is 0.641. The van der Waals surface area contributed by atoms with Gasteiger partial charge in [-0.25, -0.2) is 4.68 Å². The number of benzene rings is 1. The summed E-state index contributed by atoms with van der Waals surface area (Å²) in [4.78, 5) is 0. The lowest BCUT2D eigenvalue weighted by Crippen LogP contribution is -2.22. The number of aromatic nitrogens is 2. The van der Waals surface area contributed by atoms with Crippen molar-refractivity contribution in [1.82, 2.24) is 9.78 Å². The summed E-state index contributed by atoms with van der Waals surface area (Å²) in [6.07, 6.45) is 3.62. The minimum atomic E-state index is 0.147. The van der Waals surface area contributed by atoms with Crippen molar-refractivity contribution in [1.29, 1.82) is 0 Å². The van der Waals surface area contributed by atoms with Crippen molar-refractivity contribution in [3.63, 3.8) is 0 Å². The number of hydrogen-bond donors (Lipinski definition) is 1. The first-order valence-corrected chi connectivity index (χ1v) is 8.09. The normalized spacial score (nSPS) is 12.6.